The van der Waals surface area contributed by atoms with Crippen molar-refractivity contribution in [3.63, 3.8) is 0 Å². The molecule has 0 fully saturated rings. The number of hydrogen-bond donors (Lipinski definition) is 3. The molecule has 33 heavy (non-hydrogen) atoms. The van der Waals surface area contributed by atoms with Gasteiger partial charge in [0, 0.05) is 37.9 Å². The van der Waals surface area contributed by atoms with Crippen molar-refractivity contribution in [2.45, 2.75) is 46.7 Å². The molecule has 7 nitrogen and oxygen atoms in total. The number of rotatable bonds is 12. The highest BCUT2D eigenvalue weighted by atomic mass is 127. The van der Waals surface area contributed by atoms with E-state index in [0.29, 0.717) is 32.7 Å². The molecule has 0 aromatic heterocycles. The molecule has 1 amide bonds. The molecule has 2 aromatic carbocycles. The Morgan fingerprint density at radius 1 is 1.03 bits per heavy atom. The molecule has 0 aliphatic heterocycles. The molecular weight excluding hydrogens is 531 g/mol. The first kappa shape index (κ1) is 28.7. The Hall–Kier alpha value is -2.33. The van der Waals surface area contributed by atoms with Crippen LogP contribution in [0.1, 0.15) is 43.4 Å². The fourth-order valence-corrected chi connectivity index (χ4v) is 3.01. The minimum Gasteiger partial charge on any atom is -0.491 e. The van der Waals surface area contributed by atoms with Gasteiger partial charge in [-0.05, 0) is 49.6 Å². The predicted octanol–water partition coefficient (Wildman–Crippen LogP) is 4.63. The van der Waals surface area contributed by atoms with Gasteiger partial charge in [0.05, 0.1) is 13.2 Å². The van der Waals surface area contributed by atoms with E-state index in [0.717, 1.165) is 47.1 Å². The van der Waals surface area contributed by atoms with Crippen molar-refractivity contribution in [2.24, 2.45) is 4.99 Å². The van der Waals surface area contributed by atoms with Crippen LogP contribution in [0.2, 0.25) is 0 Å². The Bertz CT molecular complexity index is 872. The molecule has 0 unspecified atom stereocenters. The Labute approximate surface area is 214 Å². The predicted molar refractivity (Wildman–Crippen MR) is 146 cm³/mol. The number of hydrogen-bond acceptors (Lipinski definition) is 4. The van der Waals surface area contributed by atoms with Gasteiger partial charge < -0.3 is 25.4 Å². The first-order valence-electron chi connectivity index (χ1n) is 11.2. The minimum atomic E-state index is 0. The van der Waals surface area contributed by atoms with E-state index in [9.17, 15) is 4.79 Å². The minimum absolute atomic E-state index is 0. The summed E-state index contributed by atoms with van der Waals surface area (Å²) in [7, 11) is 1.66. The van der Waals surface area contributed by atoms with Crippen molar-refractivity contribution >= 4 is 41.5 Å². The van der Waals surface area contributed by atoms with Crippen LogP contribution in [0.5, 0.6) is 5.75 Å². The van der Waals surface area contributed by atoms with E-state index in [1.807, 2.05) is 51.1 Å². The Kier molecular flexibility index (Phi) is 14.2. The summed E-state index contributed by atoms with van der Waals surface area (Å²) in [6.07, 6.45) is 1.37. The summed E-state index contributed by atoms with van der Waals surface area (Å²) >= 11 is 0. The van der Waals surface area contributed by atoms with E-state index in [1.54, 1.807) is 7.11 Å². The van der Waals surface area contributed by atoms with Crippen LogP contribution < -0.4 is 20.7 Å². The number of halogens is 1. The van der Waals surface area contributed by atoms with E-state index >= 15 is 0 Å². The first-order valence-corrected chi connectivity index (χ1v) is 11.2. The number of carbonyl (C=O) groups is 1. The maximum atomic E-state index is 11.7. The standard InChI is InChI=1S/C25H36N4O3.HI/c1-5-7-24(30)29-22-12-9-20(10-13-22)17-27-25(26-6-2)28-18-21-11-8-19(3)16-23(21)32-15-14-31-4;/h8-13,16H,5-7,14-15,17-18H2,1-4H3,(H,29,30)(H2,26,27,28);1H. The van der Waals surface area contributed by atoms with Gasteiger partial charge in [-0.15, -0.1) is 24.0 Å². The topological polar surface area (TPSA) is 84.0 Å². The van der Waals surface area contributed by atoms with Gasteiger partial charge >= 0.3 is 0 Å². The summed E-state index contributed by atoms with van der Waals surface area (Å²) in [6, 6.07) is 14.0. The average molecular weight is 569 g/mol. The number of nitrogens with zero attached hydrogens (tertiary/aromatic N) is 1. The highest BCUT2D eigenvalue weighted by Gasteiger charge is 2.06. The molecule has 0 heterocycles. The third kappa shape index (κ3) is 10.9. The third-order valence-corrected chi connectivity index (χ3v) is 4.69. The van der Waals surface area contributed by atoms with Crippen LogP contribution in [0.3, 0.4) is 0 Å². The lowest BCUT2D eigenvalue weighted by Gasteiger charge is -2.15. The van der Waals surface area contributed by atoms with Gasteiger partial charge in [0.2, 0.25) is 5.91 Å². The van der Waals surface area contributed by atoms with Crippen molar-refractivity contribution in [3.8, 4) is 5.75 Å². The molecule has 0 bridgehead atoms. The summed E-state index contributed by atoms with van der Waals surface area (Å²) in [5.74, 6) is 1.63. The Morgan fingerprint density at radius 2 is 1.79 bits per heavy atom. The van der Waals surface area contributed by atoms with Gasteiger partial charge in [0.1, 0.15) is 12.4 Å². The number of anilines is 1. The van der Waals surface area contributed by atoms with E-state index in [4.69, 9.17) is 9.47 Å². The fraction of sp³-hybridized carbons (Fsp3) is 0.440. The molecule has 2 aromatic rings. The number of amides is 1. The lowest BCUT2D eigenvalue weighted by Crippen LogP contribution is -2.36. The van der Waals surface area contributed by atoms with Crippen molar-refractivity contribution in [2.75, 3.05) is 32.2 Å². The van der Waals surface area contributed by atoms with Crippen LogP contribution in [0.4, 0.5) is 5.69 Å². The van der Waals surface area contributed by atoms with Gasteiger partial charge in [-0.2, -0.15) is 0 Å². The third-order valence-electron chi connectivity index (χ3n) is 4.69. The molecule has 3 N–H and O–H groups in total. The molecule has 0 saturated heterocycles. The van der Waals surface area contributed by atoms with Gasteiger partial charge in [0.15, 0.2) is 5.96 Å². The number of benzene rings is 2. The number of methoxy groups -OCH3 is 1. The lowest BCUT2D eigenvalue weighted by atomic mass is 10.1. The molecule has 0 aliphatic carbocycles. The molecular formula is C25H37IN4O3. The quantitative estimate of drug-likeness (QED) is 0.151. The summed E-state index contributed by atoms with van der Waals surface area (Å²) in [4.78, 5) is 16.4. The van der Waals surface area contributed by atoms with E-state index in [-0.39, 0.29) is 29.9 Å². The molecule has 0 atom stereocenters. The zero-order valence-corrected chi connectivity index (χ0v) is 22.4. The highest BCUT2D eigenvalue weighted by molar-refractivity contribution is 14.0. The first-order chi connectivity index (χ1) is 15.5. The number of carbonyl (C=O) groups excluding carboxylic acids is 1. The van der Waals surface area contributed by atoms with Crippen LogP contribution in [0, 0.1) is 6.92 Å². The van der Waals surface area contributed by atoms with Crippen molar-refractivity contribution < 1.29 is 14.3 Å². The van der Waals surface area contributed by atoms with E-state index in [2.05, 4.69) is 33.1 Å². The van der Waals surface area contributed by atoms with Crippen LogP contribution >= 0.6 is 24.0 Å². The van der Waals surface area contributed by atoms with Crippen LogP contribution in [0.25, 0.3) is 0 Å². The maximum absolute atomic E-state index is 11.7. The summed E-state index contributed by atoms with van der Waals surface area (Å²) in [5.41, 5.74) is 4.08. The lowest BCUT2D eigenvalue weighted by molar-refractivity contribution is -0.116. The van der Waals surface area contributed by atoms with Crippen molar-refractivity contribution in [1.29, 1.82) is 0 Å². The number of guanidine groups is 1. The summed E-state index contributed by atoms with van der Waals surface area (Å²) in [6.45, 7) is 9.02. The number of nitrogens with one attached hydrogen (secondary N) is 3. The van der Waals surface area contributed by atoms with Gasteiger partial charge in [-0.3, -0.25) is 4.79 Å². The summed E-state index contributed by atoms with van der Waals surface area (Å²) < 4.78 is 11.0. The van der Waals surface area contributed by atoms with Gasteiger partial charge in [-0.1, -0.05) is 31.2 Å². The second kappa shape index (κ2) is 16.3. The molecule has 182 valence electrons. The Balaban J connectivity index is 0.00000544. The molecule has 8 heteroatoms. The van der Waals surface area contributed by atoms with E-state index in [1.165, 1.54) is 0 Å². The molecule has 0 spiro atoms. The molecule has 0 aliphatic rings. The van der Waals surface area contributed by atoms with Crippen LogP contribution in [-0.2, 0) is 22.6 Å². The average Bonchev–Trinajstić information content (AvgIpc) is 2.78. The second-order valence-electron chi connectivity index (χ2n) is 7.50. The highest BCUT2D eigenvalue weighted by Crippen LogP contribution is 2.20. The largest absolute Gasteiger partial charge is 0.491 e. The van der Waals surface area contributed by atoms with E-state index < -0.39 is 0 Å². The smallest absolute Gasteiger partial charge is 0.224 e. The Morgan fingerprint density at radius 3 is 2.45 bits per heavy atom. The molecule has 2 rings (SSSR count). The fourth-order valence-electron chi connectivity index (χ4n) is 3.01. The van der Waals surface area contributed by atoms with Crippen LogP contribution in [0.15, 0.2) is 47.5 Å². The normalized spacial score (nSPS) is 10.8. The van der Waals surface area contributed by atoms with Gasteiger partial charge in [-0.25, -0.2) is 4.99 Å². The molecule has 0 saturated carbocycles. The van der Waals surface area contributed by atoms with Crippen molar-refractivity contribution in [1.82, 2.24) is 10.6 Å². The maximum Gasteiger partial charge on any atom is 0.224 e. The molecule has 0 radical (unpaired) electrons. The van der Waals surface area contributed by atoms with Crippen molar-refractivity contribution in [3.05, 3.63) is 59.2 Å². The second-order valence-corrected chi connectivity index (χ2v) is 7.50. The number of ether oxygens (including phenoxy) is 2. The monoisotopic (exact) mass is 568 g/mol. The van der Waals surface area contributed by atoms with Crippen LogP contribution in [-0.4, -0.2) is 38.7 Å². The zero-order valence-electron chi connectivity index (χ0n) is 20.1. The number of aryl methyl sites for hydroxylation is 1. The summed E-state index contributed by atoms with van der Waals surface area (Å²) in [5, 5.41) is 9.56. The SMILES string of the molecule is CCCC(=O)Nc1ccc(CN=C(NCC)NCc2ccc(C)cc2OCCOC)cc1.I. The zero-order chi connectivity index (χ0) is 23.2. The van der Waals surface area contributed by atoms with Gasteiger partial charge in [0.25, 0.3) is 0 Å². The number of aliphatic imine (C=N–C) groups is 1.